The van der Waals surface area contributed by atoms with Crippen molar-refractivity contribution in [3.63, 3.8) is 0 Å². The van der Waals surface area contributed by atoms with E-state index < -0.39 is 5.97 Å². The van der Waals surface area contributed by atoms with Crippen molar-refractivity contribution in [1.82, 2.24) is 9.97 Å². The monoisotopic (exact) mass is 341 g/mol. The van der Waals surface area contributed by atoms with Crippen LogP contribution in [-0.2, 0) is 4.74 Å². The molecule has 6 heteroatoms. The van der Waals surface area contributed by atoms with E-state index in [4.69, 9.17) is 16.3 Å². The van der Waals surface area contributed by atoms with Gasteiger partial charge >= 0.3 is 5.97 Å². The summed E-state index contributed by atoms with van der Waals surface area (Å²) in [4.78, 5) is 21.3. The lowest BCUT2D eigenvalue weighted by Crippen LogP contribution is -2.16. The number of esters is 1. The number of benzene rings is 2. The van der Waals surface area contributed by atoms with E-state index in [1.807, 2.05) is 30.3 Å². The number of nitrogens with zero attached hydrogens (tertiary/aromatic N) is 2. The number of nitrogens with one attached hydrogen (secondary N) is 1. The molecular formula is C18H16ClN3O2. The van der Waals surface area contributed by atoms with Crippen LogP contribution in [0, 0.1) is 0 Å². The fraction of sp³-hybridized carbons (Fsp3) is 0.167. The molecule has 122 valence electrons. The van der Waals surface area contributed by atoms with E-state index in [0.717, 1.165) is 0 Å². The predicted octanol–water partition coefficient (Wildman–Crippen LogP) is 4.59. The Morgan fingerprint density at radius 3 is 2.46 bits per heavy atom. The summed E-state index contributed by atoms with van der Waals surface area (Å²) in [5.41, 5.74) is 2.17. The van der Waals surface area contributed by atoms with Crippen molar-refractivity contribution in [2.45, 2.75) is 20.0 Å². The Labute approximate surface area is 144 Å². The van der Waals surface area contributed by atoms with E-state index in [9.17, 15) is 4.79 Å². The van der Waals surface area contributed by atoms with Crippen LogP contribution in [0.25, 0.3) is 11.0 Å². The molecule has 3 aromatic rings. The lowest BCUT2D eigenvalue weighted by Gasteiger charge is -2.13. The van der Waals surface area contributed by atoms with Gasteiger partial charge in [0, 0.05) is 10.7 Å². The number of anilines is 2. The molecule has 24 heavy (non-hydrogen) atoms. The van der Waals surface area contributed by atoms with Crippen LogP contribution in [0.15, 0.2) is 48.5 Å². The quantitative estimate of drug-likeness (QED) is 0.703. The lowest BCUT2D eigenvalue weighted by molar-refractivity contribution is 0.0372. The molecule has 2 aromatic carbocycles. The van der Waals surface area contributed by atoms with Gasteiger partial charge < -0.3 is 10.1 Å². The molecule has 3 rings (SSSR count). The molecule has 1 N–H and O–H groups in total. The number of hydrogen-bond acceptors (Lipinski definition) is 5. The Balaban J connectivity index is 2.07. The minimum atomic E-state index is -0.521. The Morgan fingerprint density at radius 2 is 1.79 bits per heavy atom. The summed E-state index contributed by atoms with van der Waals surface area (Å²) in [6.07, 6.45) is -0.246. The first-order chi connectivity index (χ1) is 11.5. The molecule has 0 saturated carbocycles. The second kappa shape index (κ2) is 6.84. The fourth-order valence-electron chi connectivity index (χ4n) is 2.20. The number of carbonyl (C=O) groups excluding carboxylic acids is 1. The van der Waals surface area contributed by atoms with E-state index in [0.29, 0.717) is 27.6 Å². The second-order valence-electron chi connectivity index (χ2n) is 5.50. The third-order valence-corrected chi connectivity index (χ3v) is 3.43. The summed E-state index contributed by atoms with van der Waals surface area (Å²) in [5, 5.41) is 3.68. The molecule has 0 aliphatic heterocycles. The molecule has 0 atom stereocenters. The molecule has 0 saturated heterocycles. The van der Waals surface area contributed by atoms with Crippen LogP contribution in [0.2, 0.25) is 5.02 Å². The van der Waals surface area contributed by atoms with Crippen molar-refractivity contribution in [3.05, 3.63) is 59.2 Å². The zero-order valence-electron chi connectivity index (χ0n) is 13.3. The molecule has 1 aromatic heterocycles. The van der Waals surface area contributed by atoms with Crippen LogP contribution < -0.4 is 5.32 Å². The van der Waals surface area contributed by atoms with Gasteiger partial charge in [0.05, 0.1) is 17.1 Å². The molecule has 0 fully saturated rings. The first-order valence-electron chi connectivity index (χ1n) is 7.53. The van der Waals surface area contributed by atoms with Crippen molar-refractivity contribution >= 4 is 40.1 Å². The van der Waals surface area contributed by atoms with Crippen LogP contribution >= 0.6 is 11.6 Å². The SMILES string of the molecule is CC(C)OC(=O)c1nc2ccccc2nc1Nc1cccc(Cl)c1. The summed E-state index contributed by atoms with van der Waals surface area (Å²) in [6.45, 7) is 3.58. The van der Waals surface area contributed by atoms with Gasteiger partial charge in [-0.1, -0.05) is 29.8 Å². The summed E-state index contributed by atoms with van der Waals surface area (Å²) >= 11 is 6.01. The number of ether oxygens (including phenoxy) is 1. The molecule has 1 heterocycles. The Hall–Kier alpha value is -2.66. The van der Waals surface area contributed by atoms with Gasteiger partial charge in [0.2, 0.25) is 0 Å². The highest BCUT2D eigenvalue weighted by Crippen LogP contribution is 2.24. The Morgan fingerprint density at radius 1 is 1.08 bits per heavy atom. The predicted molar refractivity (Wildman–Crippen MR) is 94.8 cm³/mol. The third kappa shape index (κ3) is 3.63. The molecule has 0 radical (unpaired) electrons. The van der Waals surface area contributed by atoms with Crippen LogP contribution in [-0.4, -0.2) is 22.0 Å². The number of aromatic nitrogens is 2. The Bertz CT molecular complexity index is 896. The number of hydrogen-bond donors (Lipinski definition) is 1. The molecule has 0 amide bonds. The van der Waals surface area contributed by atoms with Crippen molar-refractivity contribution < 1.29 is 9.53 Å². The fourth-order valence-corrected chi connectivity index (χ4v) is 2.39. The smallest absolute Gasteiger partial charge is 0.361 e. The highest BCUT2D eigenvalue weighted by molar-refractivity contribution is 6.30. The second-order valence-corrected chi connectivity index (χ2v) is 5.94. The number of rotatable bonds is 4. The molecule has 0 aliphatic rings. The van der Waals surface area contributed by atoms with Gasteiger partial charge in [0.1, 0.15) is 0 Å². The van der Waals surface area contributed by atoms with Crippen molar-refractivity contribution in [1.29, 1.82) is 0 Å². The molecule has 0 unspecified atom stereocenters. The lowest BCUT2D eigenvalue weighted by atomic mass is 10.2. The summed E-state index contributed by atoms with van der Waals surface area (Å²) in [6, 6.07) is 14.5. The average Bonchev–Trinajstić information content (AvgIpc) is 2.53. The summed E-state index contributed by atoms with van der Waals surface area (Å²) in [7, 11) is 0. The number of fused-ring (bicyclic) bond motifs is 1. The van der Waals surface area contributed by atoms with Crippen molar-refractivity contribution in [3.8, 4) is 0 Å². The van der Waals surface area contributed by atoms with Gasteiger partial charge in [-0.2, -0.15) is 0 Å². The van der Waals surface area contributed by atoms with Gasteiger partial charge in [-0.3, -0.25) is 0 Å². The number of para-hydroxylation sites is 2. The maximum atomic E-state index is 12.4. The van der Waals surface area contributed by atoms with Gasteiger partial charge in [-0.05, 0) is 44.2 Å². The highest BCUT2D eigenvalue weighted by atomic mass is 35.5. The number of carbonyl (C=O) groups is 1. The van der Waals surface area contributed by atoms with Gasteiger partial charge in [-0.25, -0.2) is 14.8 Å². The number of halogens is 1. The standard InChI is InChI=1S/C18H16ClN3O2/c1-11(2)24-18(23)16-17(20-13-7-5-6-12(19)10-13)22-15-9-4-3-8-14(15)21-16/h3-11H,1-2H3,(H,20,22). The van der Waals surface area contributed by atoms with Crippen LogP contribution in [0.3, 0.4) is 0 Å². The highest BCUT2D eigenvalue weighted by Gasteiger charge is 2.19. The summed E-state index contributed by atoms with van der Waals surface area (Å²) < 4.78 is 5.28. The van der Waals surface area contributed by atoms with E-state index >= 15 is 0 Å². The van der Waals surface area contributed by atoms with Crippen LogP contribution in [0.4, 0.5) is 11.5 Å². The van der Waals surface area contributed by atoms with Crippen LogP contribution in [0.5, 0.6) is 0 Å². The van der Waals surface area contributed by atoms with Crippen molar-refractivity contribution in [2.75, 3.05) is 5.32 Å². The molecular weight excluding hydrogens is 326 g/mol. The molecule has 0 spiro atoms. The average molecular weight is 342 g/mol. The minimum absolute atomic E-state index is 0.141. The molecule has 5 nitrogen and oxygen atoms in total. The normalized spacial score (nSPS) is 10.8. The minimum Gasteiger partial charge on any atom is -0.458 e. The van der Waals surface area contributed by atoms with E-state index in [-0.39, 0.29) is 11.8 Å². The van der Waals surface area contributed by atoms with Gasteiger partial charge in [-0.15, -0.1) is 0 Å². The molecule has 0 bridgehead atoms. The van der Waals surface area contributed by atoms with Gasteiger partial charge in [0.15, 0.2) is 11.5 Å². The topological polar surface area (TPSA) is 64.1 Å². The molecule has 0 aliphatic carbocycles. The third-order valence-electron chi connectivity index (χ3n) is 3.19. The largest absolute Gasteiger partial charge is 0.458 e. The zero-order valence-corrected chi connectivity index (χ0v) is 14.0. The maximum Gasteiger partial charge on any atom is 0.361 e. The first kappa shape index (κ1) is 16.2. The summed E-state index contributed by atoms with van der Waals surface area (Å²) in [5.74, 6) is -0.186. The van der Waals surface area contributed by atoms with E-state index in [1.165, 1.54) is 0 Å². The van der Waals surface area contributed by atoms with Gasteiger partial charge in [0.25, 0.3) is 0 Å². The van der Waals surface area contributed by atoms with E-state index in [2.05, 4.69) is 15.3 Å². The van der Waals surface area contributed by atoms with Crippen molar-refractivity contribution in [2.24, 2.45) is 0 Å². The maximum absolute atomic E-state index is 12.4. The first-order valence-corrected chi connectivity index (χ1v) is 7.91. The Kier molecular flexibility index (Phi) is 4.62. The zero-order chi connectivity index (χ0) is 17.1. The van der Waals surface area contributed by atoms with Crippen LogP contribution in [0.1, 0.15) is 24.3 Å². The van der Waals surface area contributed by atoms with E-state index in [1.54, 1.807) is 32.0 Å².